The van der Waals surface area contributed by atoms with Crippen molar-refractivity contribution in [2.45, 2.75) is 25.1 Å². The van der Waals surface area contributed by atoms with E-state index in [1.165, 1.54) is 0 Å². The van der Waals surface area contributed by atoms with Crippen LogP contribution in [0.3, 0.4) is 0 Å². The smallest absolute Gasteiger partial charge is 0.130 e. The lowest BCUT2D eigenvalue weighted by Gasteiger charge is -2.12. The van der Waals surface area contributed by atoms with Crippen molar-refractivity contribution in [2.24, 2.45) is 11.8 Å². The zero-order valence-electron chi connectivity index (χ0n) is 8.73. The standard InChI is InChI=1S/C12H13BrF2/c1-6-3-8(6)12(13)9-4-7(2)10(14)5-11(9)15/h4-6,8,12H,3H2,1-2H3. The molecule has 0 aliphatic heterocycles. The van der Waals surface area contributed by atoms with Crippen LogP contribution in [0.2, 0.25) is 0 Å². The minimum atomic E-state index is -0.472. The lowest BCUT2D eigenvalue weighted by Crippen LogP contribution is -2.00. The Hall–Kier alpha value is -0.440. The molecule has 0 spiro atoms. The molecule has 82 valence electrons. The zero-order chi connectivity index (χ0) is 11.2. The van der Waals surface area contributed by atoms with Crippen LogP contribution >= 0.6 is 15.9 Å². The van der Waals surface area contributed by atoms with Crippen LogP contribution in [0.5, 0.6) is 0 Å². The minimum Gasteiger partial charge on any atom is -0.207 e. The molecule has 0 heterocycles. The maximum Gasteiger partial charge on any atom is 0.130 e. The Morgan fingerprint density at radius 3 is 2.47 bits per heavy atom. The highest BCUT2D eigenvalue weighted by Gasteiger charge is 2.39. The highest BCUT2D eigenvalue weighted by Crippen LogP contribution is 2.51. The number of halogens is 3. The van der Waals surface area contributed by atoms with Crippen molar-refractivity contribution in [3.05, 3.63) is 34.9 Å². The van der Waals surface area contributed by atoms with Crippen molar-refractivity contribution in [3.8, 4) is 0 Å². The van der Waals surface area contributed by atoms with Gasteiger partial charge in [0.1, 0.15) is 11.6 Å². The molecule has 3 heteroatoms. The molecule has 3 unspecified atom stereocenters. The van der Waals surface area contributed by atoms with Gasteiger partial charge in [-0.25, -0.2) is 8.78 Å². The summed E-state index contributed by atoms with van der Waals surface area (Å²) < 4.78 is 26.6. The van der Waals surface area contributed by atoms with Crippen molar-refractivity contribution < 1.29 is 8.78 Å². The van der Waals surface area contributed by atoms with Gasteiger partial charge >= 0.3 is 0 Å². The highest BCUT2D eigenvalue weighted by molar-refractivity contribution is 9.09. The molecule has 0 saturated heterocycles. The molecule has 2 rings (SSSR count). The van der Waals surface area contributed by atoms with Crippen molar-refractivity contribution in [1.82, 2.24) is 0 Å². The monoisotopic (exact) mass is 274 g/mol. The average molecular weight is 275 g/mol. The van der Waals surface area contributed by atoms with Gasteiger partial charge < -0.3 is 0 Å². The van der Waals surface area contributed by atoms with Gasteiger partial charge in [-0.05, 0) is 36.8 Å². The Morgan fingerprint density at radius 1 is 1.33 bits per heavy atom. The summed E-state index contributed by atoms with van der Waals surface area (Å²) in [5, 5.41) is 0. The topological polar surface area (TPSA) is 0 Å². The highest BCUT2D eigenvalue weighted by atomic mass is 79.9. The number of hydrogen-bond acceptors (Lipinski definition) is 0. The van der Waals surface area contributed by atoms with Gasteiger partial charge in [0, 0.05) is 16.5 Å². The Balaban J connectivity index is 2.31. The molecular formula is C12H13BrF2. The van der Waals surface area contributed by atoms with Gasteiger partial charge in [0.25, 0.3) is 0 Å². The van der Waals surface area contributed by atoms with E-state index in [1.54, 1.807) is 13.0 Å². The SMILES string of the molecule is Cc1cc(C(Br)C2CC2C)c(F)cc1F. The van der Waals surface area contributed by atoms with Gasteiger partial charge in [-0.1, -0.05) is 22.9 Å². The molecule has 3 atom stereocenters. The number of alkyl halides is 1. The summed E-state index contributed by atoms with van der Waals surface area (Å²) in [5.74, 6) is 0.211. The summed E-state index contributed by atoms with van der Waals surface area (Å²) in [7, 11) is 0. The summed E-state index contributed by atoms with van der Waals surface area (Å²) in [5.41, 5.74) is 1.09. The lowest BCUT2D eigenvalue weighted by molar-refractivity contribution is 0.559. The summed E-state index contributed by atoms with van der Waals surface area (Å²) >= 11 is 3.50. The van der Waals surface area contributed by atoms with E-state index >= 15 is 0 Å². The fourth-order valence-corrected chi connectivity index (χ4v) is 2.97. The van der Waals surface area contributed by atoms with Crippen molar-refractivity contribution in [2.75, 3.05) is 0 Å². The molecule has 1 fully saturated rings. The van der Waals surface area contributed by atoms with Gasteiger partial charge in [0.2, 0.25) is 0 Å². The van der Waals surface area contributed by atoms with Gasteiger partial charge in [-0.15, -0.1) is 0 Å². The molecule has 0 nitrogen and oxygen atoms in total. The van der Waals surface area contributed by atoms with Crippen LogP contribution in [0.15, 0.2) is 12.1 Å². The fourth-order valence-electron chi connectivity index (χ4n) is 1.88. The molecule has 1 saturated carbocycles. The molecule has 0 amide bonds. The van der Waals surface area contributed by atoms with Gasteiger partial charge in [0.15, 0.2) is 0 Å². The number of benzene rings is 1. The van der Waals surface area contributed by atoms with Gasteiger partial charge in [-0.3, -0.25) is 0 Å². The average Bonchev–Trinajstić information content (AvgIpc) is 2.88. The molecule has 0 radical (unpaired) electrons. The Labute approximate surface area is 96.8 Å². The van der Waals surface area contributed by atoms with Crippen LogP contribution < -0.4 is 0 Å². The van der Waals surface area contributed by atoms with Gasteiger partial charge in [0.05, 0.1) is 0 Å². The van der Waals surface area contributed by atoms with E-state index in [0.29, 0.717) is 23.0 Å². The fraction of sp³-hybridized carbons (Fsp3) is 0.500. The first-order chi connectivity index (χ1) is 7.00. The summed E-state index contributed by atoms with van der Waals surface area (Å²) in [6.07, 6.45) is 1.12. The molecule has 1 aromatic carbocycles. The van der Waals surface area contributed by atoms with Crippen LogP contribution in [0.1, 0.15) is 29.3 Å². The van der Waals surface area contributed by atoms with E-state index in [9.17, 15) is 8.78 Å². The number of rotatable bonds is 2. The molecule has 0 aromatic heterocycles. The van der Waals surface area contributed by atoms with Crippen molar-refractivity contribution in [1.29, 1.82) is 0 Å². The summed E-state index contributed by atoms with van der Waals surface area (Å²) in [6.45, 7) is 3.81. The Bertz CT molecular complexity index is 389. The molecule has 0 N–H and O–H groups in total. The second kappa shape index (κ2) is 3.85. The second-order valence-corrected chi connectivity index (χ2v) is 5.39. The predicted molar refractivity (Wildman–Crippen MR) is 60.0 cm³/mol. The molecule has 0 bridgehead atoms. The first-order valence-electron chi connectivity index (χ1n) is 5.10. The van der Waals surface area contributed by atoms with E-state index in [1.807, 2.05) is 0 Å². The maximum atomic E-state index is 13.5. The zero-order valence-corrected chi connectivity index (χ0v) is 10.3. The van der Waals surface area contributed by atoms with E-state index in [0.717, 1.165) is 12.5 Å². The molecule has 1 aliphatic carbocycles. The summed E-state index contributed by atoms with van der Waals surface area (Å²) in [4.78, 5) is 0.0202. The van der Waals surface area contributed by atoms with Crippen molar-refractivity contribution in [3.63, 3.8) is 0 Å². The van der Waals surface area contributed by atoms with Crippen LogP contribution in [0.25, 0.3) is 0 Å². The molecule has 15 heavy (non-hydrogen) atoms. The van der Waals surface area contributed by atoms with Gasteiger partial charge in [-0.2, -0.15) is 0 Å². The van der Waals surface area contributed by atoms with E-state index in [2.05, 4.69) is 22.9 Å². The van der Waals surface area contributed by atoms with Crippen LogP contribution in [0, 0.1) is 30.4 Å². The third kappa shape index (κ3) is 2.07. The van der Waals surface area contributed by atoms with Crippen molar-refractivity contribution >= 4 is 15.9 Å². The normalized spacial score (nSPS) is 26.5. The Morgan fingerprint density at radius 2 is 1.93 bits per heavy atom. The largest absolute Gasteiger partial charge is 0.207 e. The van der Waals surface area contributed by atoms with Crippen LogP contribution in [0.4, 0.5) is 8.78 Å². The number of hydrogen-bond donors (Lipinski definition) is 0. The molecule has 1 aliphatic rings. The molecule has 1 aromatic rings. The first kappa shape index (κ1) is 11.1. The van der Waals surface area contributed by atoms with Crippen LogP contribution in [-0.4, -0.2) is 0 Å². The Kier molecular flexibility index (Phi) is 2.84. The number of aryl methyl sites for hydroxylation is 1. The van der Waals surface area contributed by atoms with E-state index in [-0.39, 0.29) is 4.83 Å². The van der Waals surface area contributed by atoms with Crippen LogP contribution in [-0.2, 0) is 0 Å². The second-order valence-electron chi connectivity index (χ2n) is 4.40. The molecular weight excluding hydrogens is 262 g/mol. The third-order valence-electron chi connectivity index (χ3n) is 3.12. The maximum absolute atomic E-state index is 13.5. The third-order valence-corrected chi connectivity index (χ3v) is 4.29. The predicted octanol–water partition coefficient (Wildman–Crippen LogP) is 4.37. The lowest BCUT2D eigenvalue weighted by atomic mass is 10.0. The van der Waals surface area contributed by atoms with E-state index in [4.69, 9.17) is 0 Å². The summed E-state index contributed by atoms with van der Waals surface area (Å²) in [6, 6.07) is 2.58. The quantitative estimate of drug-likeness (QED) is 0.703. The minimum absolute atomic E-state index is 0.0202. The first-order valence-corrected chi connectivity index (χ1v) is 6.02. The van der Waals surface area contributed by atoms with E-state index < -0.39 is 11.6 Å².